The van der Waals surface area contributed by atoms with Crippen LogP contribution in [-0.4, -0.2) is 15.8 Å². The molecule has 0 amide bonds. The lowest BCUT2D eigenvalue weighted by molar-refractivity contribution is 0.104. The van der Waals surface area contributed by atoms with Crippen LogP contribution in [0, 0.1) is 0 Å². The molecule has 0 saturated heterocycles. The number of rotatable bonds is 0. The van der Waals surface area contributed by atoms with Crippen molar-refractivity contribution >= 4 is 45.2 Å². The van der Waals surface area contributed by atoms with Gasteiger partial charge in [0.2, 0.25) is 0 Å². The number of benzene rings is 1. The Bertz CT molecular complexity index is 949. The highest BCUT2D eigenvalue weighted by Gasteiger charge is 2.18. The number of nitrogens with zero attached hydrogens (tertiary/aromatic N) is 2. The van der Waals surface area contributed by atoms with Crippen LogP contribution >= 0.6 is 11.6 Å². The minimum atomic E-state index is -0.176. The molecule has 0 bridgehead atoms. The molecular weight excluding hydrogens is 260 g/mol. The highest BCUT2D eigenvalue weighted by Crippen LogP contribution is 2.31. The Labute approximate surface area is 115 Å². The molecule has 4 heteroatoms. The number of fused-ring (bicyclic) bond motifs is 2. The fraction of sp³-hybridized carbons (Fsp3) is 0. The average Bonchev–Trinajstić information content (AvgIpc) is 2.43. The number of pyridine rings is 2. The Hall–Kier alpha value is -2.26. The first kappa shape index (κ1) is 9.64. The zero-order chi connectivity index (χ0) is 13.9. The molecule has 0 aliphatic heterocycles. The monoisotopic (exact) mass is 267 g/mol. The number of carbonyl (C=O) groups excluding carboxylic acids is 1. The van der Waals surface area contributed by atoms with Crippen LogP contribution in [0.3, 0.4) is 0 Å². The van der Waals surface area contributed by atoms with Gasteiger partial charge in [0.05, 0.1) is 18.1 Å². The molecule has 90 valence electrons. The van der Waals surface area contributed by atoms with E-state index in [1.165, 1.54) is 6.08 Å². The van der Waals surface area contributed by atoms with E-state index in [2.05, 4.69) is 9.97 Å². The first-order chi connectivity index (χ1) is 9.65. The Morgan fingerprint density at radius 3 is 3.05 bits per heavy atom. The molecule has 0 fully saturated rings. The van der Waals surface area contributed by atoms with Crippen molar-refractivity contribution in [1.29, 1.82) is 0 Å². The fourth-order valence-corrected chi connectivity index (χ4v) is 2.57. The predicted octanol–water partition coefficient (Wildman–Crippen LogP) is 3.65. The highest BCUT2D eigenvalue weighted by atomic mass is 35.5. The van der Waals surface area contributed by atoms with Crippen molar-refractivity contribution in [3.05, 3.63) is 52.8 Å². The second kappa shape index (κ2) is 3.62. The minimum Gasteiger partial charge on any atom is -0.289 e. The van der Waals surface area contributed by atoms with Crippen LogP contribution < -0.4 is 0 Å². The van der Waals surface area contributed by atoms with Crippen molar-refractivity contribution in [2.75, 3.05) is 0 Å². The molecule has 3 nitrogen and oxygen atoms in total. The molecule has 1 aliphatic carbocycles. The molecule has 0 saturated carbocycles. The summed E-state index contributed by atoms with van der Waals surface area (Å²) in [5.41, 5.74) is 2.39. The van der Waals surface area contributed by atoms with Gasteiger partial charge in [-0.1, -0.05) is 11.6 Å². The standard InChI is InChI=1S/C15H7ClN2O/c16-8-1-2-9-12(7-8)18-11-3-4-13(19)10-5-6-17-15(9)14(10)11/h1-7H/i3D. The van der Waals surface area contributed by atoms with Crippen LogP contribution in [-0.2, 0) is 0 Å². The van der Waals surface area contributed by atoms with Gasteiger partial charge in [-0.25, -0.2) is 4.98 Å². The predicted molar refractivity (Wildman–Crippen MR) is 75.4 cm³/mol. The molecule has 4 rings (SSSR count). The maximum Gasteiger partial charge on any atom is 0.186 e. The van der Waals surface area contributed by atoms with E-state index in [1.807, 2.05) is 6.07 Å². The summed E-state index contributed by atoms with van der Waals surface area (Å²) < 4.78 is 7.96. The highest BCUT2D eigenvalue weighted by molar-refractivity contribution is 6.31. The summed E-state index contributed by atoms with van der Waals surface area (Å²) in [6, 6.07) is 7.13. The second-order valence-corrected chi connectivity index (χ2v) is 4.79. The first-order valence-corrected chi connectivity index (χ1v) is 6.14. The molecule has 0 atom stereocenters. The van der Waals surface area contributed by atoms with E-state index in [0.29, 0.717) is 32.7 Å². The summed E-state index contributed by atoms with van der Waals surface area (Å²) >= 11 is 5.99. The van der Waals surface area contributed by atoms with Crippen LogP contribution in [0.5, 0.6) is 0 Å². The van der Waals surface area contributed by atoms with Crippen molar-refractivity contribution in [1.82, 2.24) is 9.97 Å². The van der Waals surface area contributed by atoms with Gasteiger partial charge in [-0.15, -0.1) is 0 Å². The van der Waals surface area contributed by atoms with Crippen LogP contribution in [0.4, 0.5) is 0 Å². The van der Waals surface area contributed by atoms with Crippen LogP contribution in [0.1, 0.15) is 17.4 Å². The number of hydrogen-bond acceptors (Lipinski definition) is 3. The van der Waals surface area contributed by atoms with Gasteiger partial charge in [-0.2, -0.15) is 0 Å². The summed E-state index contributed by atoms with van der Waals surface area (Å²) in [5.74, 6) is -0.176. The van der Waals surface area contributed by atoms with Gasteiger partial charge >= 0.3 is 0 Å². The van der Waals surface area contributed by atoms with Crippen molar-refractivity contribution in [3.8, 4) is 0 Å². The Morgan fingerprint density at radius 2 is 2.16 bits per heavy atom. The average molecular weight is 268 g/mol. The van der Waals surface area contributed by atoms with E-state index in [0.717, 1.165) is 5.39 Å². The molecule has 0 unspecified atom stereocenters. The summed E-state index contributed by atoms with van der Waals surface area (Å²) in [5, 5.41) is 2.06. The first-order valence-electron chi connectivity index (χ1n) is 6.26. The number of carbonyl (C=O) groups is 1. The smallest absolute Gasteiger partial charge is 0.186 e. The maximum atomic E-state index is 12.0. The maximum absolute atomic E-state index is 12.0. The SMILES string of the molecule is [2H]C1=CC(=O)c2ccnc3c2c1nc1cc(Cl)ccc13. The molecule has 0 N–H and O–H groups in total. The van der Waals surface area contributed by atoms with Gasteiger partial charge in [-0.3, -0.25) is 9.78 Å². The van der Waals surface area contributed by atoms with Crippen molar-refractivity contribution in [3.63, 3.8) is 0 Å². The molecule has 0 spiro atoms. The van der Waals surface area contributed by atoms with E-state index >= 15 is 0 Å². The summed E-state index contributed by atoms with van der Waals surface area (Å²) in [4.78, 5) is 20.8. The molecule has 3 aromatic rings. The largest absolute Gasteiger partial charge is 0.289 e. The lowest BCUT2D eigenvalue weighted by atomic mass is 9.97. The molecule has 2 aromatic heterocycles. The number of halogens is 1. The van der Waals surface area contributed by atoms with Gasteiger partial charge in [0.15, 0.2) is 5.78 Å². The Morgan fingerprint density at radius 1 is 1.26 bits per heavy atom. The lowest BCUT2D eigenvalue weighted by Gasteiger charge is -2.12. The summed E-state index contributed by atoms with van der Waals surface area (Å²) in [6.45, 7) is 0. The van der Waals surface area contributed by atoms with E-state index in [9.17, 15) is 4.79 Å². The van der Waals surface area contributed by atoms with E-state index in [-0.39, 0.29) is 11.8 Å². The zero-order valence-corrected chi connectivity index (χ0v) is 10.4. The van der Waals surface area contributed by atoms with E-state index in [1.54, 1.807) is 24.4 Å². The molecule has 19 heavy (non-hydrogen) atoms. The van der Waals surface area contributed by atoms with Crippen LogP contribution in [0.25, 0.3) is 27.9 Å². The van der Waals surface area contributed by atoms with Gasteiger partial charge in [0.25, 0.3) is 0 Å². The fourth-order valence-electron chi connectivity index (χ4n) is 2.40. The topological polar surface area (TPSA) is 42.9 Å². The molecule has 1 aliphatic rings. The number of ketones is 1. The number of allylic oxidation sites excluding steroid dienone is 1. The Kier molecular flexibility index (Phi) is 1.84. The quantitative estimate of drug-likeness (QED) is 0.584. The van der Waals surface area contributed by atoms with Crippen LogP contribution in [0.2, 0.25) is 5.02 Å². The third-order valence-electron chi connectivity index (χ3n) is 3.24. The Balaban J connectivity index is 2.31. The lowest BCUT2D eigenvalue weighted by Crippen LogP contribution is -2.04. The van der Waals surface area contributed by atoms with E-state index < -0.39 is 0 Å². The van der Waals surface area contributed by atoms with E-state index in [4.69, 9.17) is 13.0 Å². The molecule has 2 heterocycles. The second-order valence-electron chi connectivity index (χ2n) is 4.36. The molecular formula is C15H7ClN2O. The van der Waals surface area contributed by atoms with Gasteiger partial charge in [0.1, 0.15) is 0 Å². The van der Waals surface area contributed by atoms with Gasteiger partial charge in [0, 0.05) is 27.6 Å². The zero-order valence-electron chi connectivity index (χ0n) is 10.6. The van der Waals surface area contributed by atoms with Gasteiger partial charge < -0.3 is 0 Å². The van der Waals surface area contributed by atoms with Gasteiger partial charge in [-0.05, 0) is 36.4 Å². The normalized spacial score (nSPS) is 14.7. The summed E-state index contributed by atoms with van der Waals surface area (Å²) in [7, 11) is 0. The van der Waals surface area contributed by atoms with Crippen molar-refractivity contribution < 1.29 is 6.17 Å². The molecule has 0 radical (unpaired) electrons. The van der Waals surface area contributed by atoms with Crippen molar-refractivity contribution in [2.45, 2.75) is 0 Å². The number of aromatic nitrogens is 2. The summed E-state index contributed by atoms with van der Waals surface area (Å²) in [6.07, 6.45) is 2.90. The third kappa shape index (κ3) is 1.42. The van der Waals surface area contributed by atoms with Crippen molar-refractivity contribution in [2.24, 2.45) is 0 Å². The number of hydrogen-bond donors (Lipinski definition) is 0. The minimum absolute atomic E-state index is 0.113. The third-order valence-corrected chi connectivity index (χ3v) is 3.48. The molecule has 1 aromatic carbocycles. The van der Waals surface area contributed by atoms with Crippen LogP contribution in [0.15, 0.2) is 36.5 Å².